The van der Waals surface area contributed by atoms with Crippen LogP contribution in [-0.4, -0.2) is 27.8 Å². The second kappa shape index (κ2) is 8.30. The van der Waals surface area contributed by atoms with Gasteiger partial charge in [-0.25, -0.2) is 4.79 Å². The number of aromatic nitrogens is 1. The number of benzene rings is 2. The number of ketones is 1. The topological polar surface area (TPSA) is 106 Å². The highest BCUT2D eigenvalue weighted by Gasteiger charge is 2.61. The van der Waals surface area contributed by atoms with E-state index in [9.17, 15) is 27.9 Å². The normalized spacial score (nSPS) is 14.3. The summed E-state index contributed by atoms with van der Waals surface area (Å²) in [6.45, 7) is 4.24. The molecular formula is C22H19Cl2F3N2O4. The lowest BCUT2D eigenvalue weighted by Crippen LogP contribution is -2.55. The second-order valence-corrected chi connectivity index (χ2v) is 9.22. The number of nitrogens with two attached hydrogens (primary N) is 1. The molecule has 0 bridgehead atoms. The Morgan fingerprint density at radius 3 is 2.39 bits per heavy atom. The number of hydrogen-bond donors (Lipinski definition) is 2. The first-order valence-corrected chi connectivity index (χ1v) is 10.3. The lowest BCUT2D eigenvalue weighted by Gasteiger charge is -2.37. The van der Waals surface area contributed by atoms with Crippen LogP contribution in [0.3, 0.4) is 0 Å². The van der Waals surface area contributed by atoms with Crippen molar-refractivity contribution in [3.63, 3.8) is 0 Å². The largest absolute Gasteiger partial charge is 0.424 e. The fraction of sp³-hybridized carbons (Fsp3) is 0.318. The minimum Gasteiger partial charge on any atom is -0.398 e. The summed E-state index contributed by atoms with van der Waals surface area (Å²) in [7, 11) is 0. The Hall–Kier alpha value is -2.62. The zero-order chi connectivity index (χ0) is 24.9. The number of hydrogen-bond acceptors (Lipinski definition) is 6. The van der Waals surface area contributed by atoms with Crippen LogP contribution in [0.15, 0.2) is 39.6 Å². The van der Waals surface area contributed by atoms with E-state index in [2.05, 4.69) is 9.68 Å². The molecule has 1 heterocycles. The van der Waals surface area contributed by atoms with Gasteiger partial charge in [0.1, 0.15) is 0 Å². The number of carbonyl (C=O) groups is 1. The first-order valence-electron chi connectivity index (χ1n) is 9.58. The Balaban J connectivity index is 2.17. The molecule has 0 saturated heterocycles. The van der Waals surface area contributed by atoms with E-state index in [1.54, 1.807) is 0 Å². The highest BCUT2D eigenvalue weighted by atomic mass is 35.5. The van der Waals surface area contributed by atoms with Crippen LogP contribution in [0, 0.1) is 6.92 Å². The third-order valence-corrected chi connectivity index (χ3v) is 6.09. The van der Waals surface area contributed by atoms with Crippen molar-refractivity contribution in [1.82, 2.24) is 5.16 Å². The van der Waals surface area contributed by atoms with E-state index in [4.69, 9.17) is 28.9 Å². The van der Waals surface area contributed by atoms with E-state index in [0.29, 0.717) is 0 Å². The summed E-state index contributed by atoms with van der Waals surface area (Å²) in [5, 5.41) is 14.6. The molecule has 3 rings (SSSR count). The van der Waals surface area contributed by atoms with Crippen LogP contribution in [0.5, 0.6) is 0 Å². The maximum Gasteiger partial charge on any atom is 0.424 e. The molecule has 11 heteroatoms. The smallest absolute Gasteiger partial charge is 0.398 e. The molecule has 2 aromatic carbocycles. The van der Waals surface area contributed by atoms with E-state index in [1.807, 2.05) is 0 Å². The predicted molar refractivity (Wildman–Crippen MR) is 119 cm³/mol. The molecule has 0 aliphatic heterocycles. The Morgan fingerprint density at radius 2 is 1.82 bits per heavy atom. The molecule has 176 valence electrons. The summed E-state index contributed by atoms with van der Waals surface area (Å²) in [6, 6.07) is 6.30. The molecule has 0 amide bonds. The molecular weight excluding hydrogens is 484 g/mol. The van der Waals surface area contributed by atoms with Crippen molar-refractivity contribution in [3.8, 4) is 0 Å². The van der Waals surface area contributed by atoms with Gasteiger partial charge in [-0.1, -0.05) is 48.3 Å². The van der Waals surface area contributed by atoms with Crippen LogP contribution in [-0.2, 0) is 5.41 Å². The lowest BCUT2D eigenvalue weighted by molar-refractivity contribution is -0.242. The summed E-state index contributed by atoms with van der Waals surface area (Å²) in [5.41, 5.74) is -0.770. The van der Waals surface area contributed by atoms with Crippen LogP contribution in [0.2, 0.25) is 10.0 Å². The molecule has 0 saturated carbocycles. The number of nitrogen functional groups attached to an aromatic ring is 1. The van der Waals surface area contributed by atoms with Gasteiger partial charge in [-0.15, -0.1) is 0 Å². The van der Waals surface area contributed by atoms with Crippen molar-refractivity contribution in [2.24, 2.45) is 0 Å². The van der Waals surface area contributed by atoms with E-state index >= 15 is 0 Å². The number of halogens is 5. The van der Waals surface area contributed by atoms with Crippen molar-refractivity contribution in [3.05, 3.63) is 67.6 Å². The van der Waals surface area contributed by atoms with E-state index in [-0.39, 0.29) is 32.1 Å². The summed E-state index contributed by atoms with van der Waals surface area (Å²) in [6.07, 6.45) is -6.42. The molecule has 6 nitrogen and oxygen atoms in total. The van der Waals surface area contributed by atoms with Crippen molar-refractivity contribution in [2.45, 2.75) is 44.4 Å². The standard InChI is InChI=1S/C22H19Cl2F3N2O4/c1-10-16-12(19(31)33-29-10)5-6-13(17(16)28)18(30)21(32,22(25,26)27)9-20(2,3)14-7-4-11(23)8-15(14)24/h4-8,32H,9,28H2,1-3H3. The highest BCUT2D eigenvalue weighted by molar-refractivity contribution is 6.35. The van der Waals surface area contributed by atoms with Crippen LogP contribution >= 0.6 is 23.2 Å². The Bertz CT molecular complexity index is 1320. The molecule has 1 unspecified atom stereocenters. The molecule has 1 aromatic heterocycles. The summed E-state index contributed by atoms with van der Waals surface area (Å²) >= 11 is 12.1. The lowest BCUT2D eigenvalue weighted by atomic mass is 9.72. The van der Waals surface area contributed by atoms with Gasteiger partial charge in [-0.2, -0.15) is 13.2 Å². The van der Waals surface area contributed by atoms with Gasteiger partial charge in [0.15, 0.2) is 0 Å². The van der Waals surface area contributed by atoms with Gasteiger partial charge in [-0.3, -0.25) is 4.79 Å². The van der Waals surface area contributed by atoms with Crippen molar-refractivity contribution in [1.29, 1.82) is 0 Å². The number of alkyl halides is 3. The molecule has 3 N–H and O–H groups in total. The average Bonchev–Trinajstić information content (AvgIpc) is 2.68. The molecule has 0 radical (unpaired) electrons. The Morgan fingerprint density at radius 1 is 1.18 bits per heavy atom. The quantitative estimate of drug-likeness (QED) is 0.365. The summed E-state index contributed by atoms with van der Waals surface area (Å²) in [4.78, 5) is 25.1. The minimum atomic E-state index is -5.36. The van der Waals surface area contributed by atoms with Crippen LogP contribution < -0.4 is 11.4 Å². The Kier molecular flexibility index (Phi) is 6.29. The zero-order valence-electron chi connectivity index (χ0n) is 17.7. The molecule has 0 spiro atoms. The second-order valence-electron chi connectivity index (χ2n) is 8.38. The van der Waals surface area contributed by atoms with Gasteiger partial charge in [-0.05, 0) is 42.2 Å². The predicted octanol–water partition coefficient (Wildman–Crippen LogP) is 5.23. The maximum absolute atomic E-state index is 14.2. The third-order valence-electron chi connectivity index (χ3n) is 5.54. The number of nitrogens with zero attached hydrogens (tertiary/aromatic N) is 1. The van der Waals surface area contributed by atoms with Gasteiger partial charge in [0.05, 0.1) is 16.8 Å². The molecule has 0 aliphatic rings. The maximum atomic E-state index is 14.2. The summed E-state index contributed by atoms with van der Waals surface area (Å²) in [5.74, 6) is -1.67. The third kappa shape index (κ3) is 4.32. The fourth-order valence-corrected chi connectivity index (χ4v) is 4.55. The average molecular weight is 503 g/mol. The monoisotopic (exact) mass is 502 g/mol. The van der Waals surface area contributed by atoms with Crippen LogP contribution in [0.4, 0.5) is 18.9 Å². The number of aryl methyl sites for hydroxylation is 1. The number of rotatable bonds is 5. The first-order chi connectivity index (χ1) is 15.1. The first kappa shape index (κ1) is 25.0. The highest BCUT2D eigenvalue weighted by Crippen LogP contribution is 2.45. The Labute approximate surface area is 196 Å². The number of Topliss-reactive ketones (excluding diaryl/α,β-unsaturated/α-hetero) is 1. The van der Waals surface area contributed by atoms with Gasteiger partial charge < -0.3 is 15.4 Å². The van der Waals surface area contributed by atoms with Gasteiger partial charge in [0, 0.05) is 27.4 Å². The van der Waals surface area contributed by atoms with E-state index in [0.717, 1.165) is 12.1 Å². The molecule has 1 atom stereocenters. The van der Waals surface area contributed by atoms with E-state index < -0.39 is 46.3 Å². The zero-order valence-corrected chi connectivity index (χ0v) is 19.2. The summed E-state index contributed by atoms with van der Waals surface area (Å²) < 4.78 is 47.2. The SMILES string of the molecule is Cc1noc(=O)c2ccc(C(=O)C(O)(CC(C)(C)c3ccc(Cl)cc3Cl)C(F)(F)F)c(N)c12. The van der Waals surface area contributed by atoms with E-state index in [1.165, 1.54) is 39.0 Å². The minimum absolute atomic E-state index is 0.0263. The van der Waals surface area contributed by atoms with Crippen molar-refractivity contribution < 1.29 is 27.6 Å². The van der Waals surface area contributed by atoms with Gasteiger partial charge in [0.2, 0.25) is 11.4 Å². The van der Waals surface area contributed by atoms with Crippen LogP contribution in [0.1, 0.15) is 41.9 Å². The molecule has 3 aromatic rings. The van der Waals surface area contributed by atoms with Crippen molar-refractivity contribution >= 4 is 45.4 Å². The van der Waals surface area contributed by atoms with Gasteiger partial charge >= 0.3 is 11.8 Å². The number of anilines is 1. The van der Waals surface area contributed by atoms with Gasteiger partial charge in [0.25, 0.3) is 0 Å². The molecule has 0 aliphatic carbocycles. The number of aliphatic hydroxyl groups is 1. The molecule has 0 fully saturated rings. The molecule has 33 heavy (non-hydrogen) atoms. The van der Waals surface area contributed by atoms with Crippen LogP contribution in [0.25, 0.3) is 10.8 Å². The fourth-order valence-electron chi connectivity index (χ4n) is 3.89. The number of carbonyl (C=O) groups excluding carboxylic acids is 1. The number of fused-ring (bicyclic) bond motifs is 1. The van der Waals surface area contributed by atoms with Crippen molar-refractivity contribution in [2.75, 3.05) is 5.73 Å².